The molecule has 0 saturated carbocycles. The average molecular weight is 254 g/mol. The third kappa shape index (κ3) is 2.12. The first-order valence-corrected chi connectivity index (χ1v) is 6.30. The highest BCUT2D eigenvalue weighted by Gasteiger charge is 2.08. The lowest BCUT2D eigenvalue weighted by Crippen LogP contribution is -1.80. The second-order valence-corrected chi connectivity index (χ2v) is 4.88. The third-order valence-corrected chi connectivity index (χ3v) is 3.55. The molecule has 0 amide bonds. The van der Waals surface area contributed by atoms with E-state index in [1.54, 1.807) is 23.7 Å². The molecule has 0 N–H and O–H groups in total. The number of nitrogens with zero attached hydrogens (tertiary/aromatic N) is 4. The van der Waals surface area contributed by atoms with Crippen molar-refractivity contribution in [2.45, 2.75) is 6.92 Å². The summed E-state index contributed by atoms with van der Waals surface area (Å²) in [6, 6.07) is 8.26. The van der Waals surface area contributed by atoms with Gasteiger partial charge in [-0.3, -0.25) is 0 Å². The van der Waals surface area contributed by atoms with Gasteiger partial charge in [-0.15, -0.1) is 10.2 Å². The summed E-state index contributed by atoms with van der Waals surface area (Å²) in [7, 11) is 0. The van der Waals surface area contributed by atoms with Crippen LogP contribution >= 0.6 is 11.3 Å². The van der Waals surface area contributed by atoms with Crippen molar-refractivity contribution in [1.29, 1.82) is 0 Å². The van der Waals surface area contributed by atoms with E-state index in [-0.39, 0.29) is 0 Å². The molecule has 0 spiro atoms. The highest BCUT2D eigenvalue weighted by Crippen LogP contribution is 2.29. The molecular weight excluding hydrogens is 244 g/mol. The molecule has 3 rings (SSSR count). The van der Waals surface area contributed by atoms with E-state index in [9.17, 15) is 0 Å². The van der Waals surface area contributed by atoms with Crippen LogP contribution in [-0.4, -0.2) is 20.2 Å². The van der Waals surface area contributed by atoms with Crippen molar-refractivity contribution in [3.8, 4) is 21.1 Å². The smallest absolute Gasteiger partial charge is 0.151 e. The summed E-state index contributed by atoms with van der Waals surface area (Å²) in [5.74, 6) is 0. The van der Waals surface area contributed by atoms with Crippen LogP contribution in [0.2, 0.25) is 0 Å². The Hall–Kier alpha value is -2.14. The largest absolute Gasteiger partial charge is 0.244 e. The average Bonchev–Trinajstić information content (AvgIpc) is 2.90. The molecule has 0 aliphatic carbocycles. The lowest BCUT2D eigenvalue weighted by atomic mass is 10.2. The minimum Gasteiger partial charge on any atom is -0.244 e. The fraction of sp³-hybridized carbons (Fsp3) is 0.0769. The Morgan fingerprint density at radius 2 is 1.44 bits per heavy atom. The third-order valence-electron chi connectivity index (χ3n) is 2.53. The minimum atomic E-state index is 0.839. The first-order valence-electron chi connectivity index (χ1n) is 5.49. The zero-order valence-corrected chi connectivity index (χ0v) is 10.6. The van der Waals surface area contributed by atoms with Gasteiger partial charge in [-0.05, 0) is 6.92 Å². The molecule has 0 fully saturated rings. The fourth-order valence-electron chi connectivity index (χ4n) is 1.56. The highest BCUT2D eigenvalue weighted by molar-refractivity contribution is 7.17. The van der Waals surface area contributed by atoms with Crippen molar-refractivity contribution in [3.63, 3.8) is 0 Å². The van der Waals surface area contributed by atoms with Crippen molar-refractivity contribution in [3.05, 3.63) is 48.5 Å². The Morgan fingerprint density at radius 1 is 0.833 bits per heavy atom. The van der Waals surface area contributed by atoms with Crippen LogP contribution in [0.5, 0.6) is 0 Å². The van der Waals surface area contributed by atoms with E-state index in [2.05, 4.69) is 51.4 Å². The molecule has 0 unspecified atom stereocenters. The van der Waals surface area contributed by atoms with E-state index in [1.165, 1.54) is 11.9 Å². The van der Waals surface area contributed by atoms with Gasteiger partial charge < -0.3 is 0 Å². The predicted octanol–water partition coefficient (Wildman–Crippen LogP) is 2.97. The molecule has 1 aromatic carbocycles. The maximum absolute atomic E-state index is 4.21. The molecule has 0 radical (unpaired) electrons. The van der Waals surface area contributed by atoms with Crippen molar-refractivity contribution in [1.82, 2.24) is 20.2 Å². The van der Waals surface area contributed by atoms with Crippen LogP contribution in [0.15, 0.2) is 43.0 Å². The predicted molar refractivity (Wildman–Crippen MR) is 71.1 cm³/mol. The van der Waals surface area contributed by atoms with Crippen LogP contribution in [0, 0.1) is 6.92 Å². The van der Waals surface area contributed by atoms with E-state index in [1.807, 2.05) is 0 Å². The second-order valence-electron chi connectivity index (χ2n) is 3.91. The molecular formula is C13H10N4S. The number of rotatable bonds is 2. The Bertz CT molecular complexity index is 646. The van der Waals surface area contributed by atoms with Gasteiger partial charge >= 0.3 is 0 Å². The van der Waals surface area contributed by atoms with E-state index in [0.717, 1.165) is 21.1 Å². The molecule has 0 bridgehead atoms. The summed E-state index contributed by atoms with van der Waals surface area (Å²) in [6.45, 7) is 2.07. The normalized spacial score (nSPS) is 10.5. The Morgan fingerprint density at radius 3 is 2.11 bits per heavy atom. The van der Waals surface area contributed by atoms with E-state index in [0.29, 0.717) is 0 Å². The summed E-state index contributed by atoms with van der Waals surface area (Å²) >= 11 is 1.54. The number of aryl methyl sites for hydroxylation is 1. The van der Waals surface area contributed by atoms with Gasteiger partial charge in [0.1, 0.15) is 11.3 Å². The van der Waals surface area contributed by atoms with Gasteiger partial charge in [0.05, 0.1) is 0 Å². The minimum absolute atomic E-state index is 0.839. The van der Waals surface area contributed by atoms with Crippen molar-refractivity contribution < 1.29 is 0 Å². The first kappa shape index (κ1) is 11.0. The molecule has 0 saturated heterocycles. The summed E-state index contributed by atoms with van der Waals surface area (Å²) in [4.78, 5) is 7.96. The quantitative estimate of drug-likeness (QED) is 0.705. The van der Waals surface area contributed by atoms with Gasteiger partial charge in [0.15, 0.2) is 5.01 Å². The van der Waals surface area contributed by atoms with Crippen LogP contribution in [0.4, 0.5) is 0 Å². The molecule has 3 aromatic rings. The molecule has 88 valence electrons. The van der Waals surface area contributed by atoms with Gasteiger partial charge in [0, 0.05) is 23.5 Å². The van der Waals surface area contributed by atoms with Crippen LogP contribution in [0.1, 0.15) is 5.56 Å². The number of benzene rings is 1. The van der Waals surface area contributed by atoms with Crippen LogP contribution < -0.4 is 0 Å². The Balaban J connectivity index is 1.97. The number of hydrogen-bond donors (Lipinski definition) is 0. The Kier molecular flexibility index (Phi) is 2.82. The summed E-state index contributed by atoms with van der Waals surface area (Å²) in [5, 5.41) is 10.1. The second kappa shape index (κ2) is 4.62. The van der Waals surface area contributed by atoms with Crippen molar-refractivity contribution in [2.75, 3.05) is 0 Å². The number of hydrogen-bond acceptors (Lipinski definition) is 5. The zero-order valence-electron chi connectivity index (χ0n) is 9.74. The molecule has 5 heteroatoms. The fourth-order valence-corrected chi connectivity index (χ4v) is 2.39. The van der Waals surface area contributed by atoms with E-state index in [4.69, 9.17) is 0 Å². The van der Waals surface area contributed by atoms with Crippen molar-refractivity contribution >= 4 is 11.3 Å². The van der Waals surface area contributed by atoms with Crippen LogP contribution in [0.3, 0.4) is 0 Å². The lowest BCUT2D eigenvalue weighted by molar-refractivity contribution is 1.09. The molecule has 4 nitrogen and oxygen atoms in total. The highest BCUT2D eigenvalue weighted by atomic mass is 32.1. The molecule has 0 aliphatic heterocycles. The van der Waals surface area contributed by atoms with Crippen LogP contribution in [0.25, 0.3) is 21.1 Å². The van der Waals surface area contributed by atoms with Gasteiger partial charge in [-0.1, -0.05) is 41.2 Å². The SMILES string of the molecule is Cc1ccc(-c2nnc(-c3cncnc3)s2)cc1. The van der Waals surface area contributed by atoms with E-state index < -0.39 is 0 Å². The van der Waals surface area contributed by atoms with Crippen LogP contribution in [-0.2, 0) is 0 Å². The Labute approximate surface area is 108 Å². The molecule has 2 heterocycles. The lowest BCUT2D eigenvalue weighted by Gasteiger charge is -1.95. The van der Waals surface area contributed by atoms with Gasteiger partial charge in [0.2, 0.25) is 0 Å². The first-order chi connectivity index (χ1) is 8.83. The maximum atomic E-state index is 4.21. The summed E-state index contributed by atoms with van der Waals surface area (Å²) in [5.41, 5.74) is 3.22. The maximum Gasteiger partial charge on any atom is 0.151 e. The monoisotopic (exact) mass is 254 g/mol. The zero-order chi connectivity index (χ0) is 12.4. The molecule has 0 aliphatic rings. The molecule has 0 atom stereocenters. The van der Waals surface area contributed by atoms with Gasteiger partial charge in [-0.2, -0.15) is 0 Å². The molecule has 18 heavy (non-hydrogen) atoms. The van der Waals surface area contributed by atoms with Gasteiger partial charge in [0.25, 0.3) is 0 Å². The standard InChI is InChI=1S/C13H10N4S/c1-9-2-4-10(5-3-9)12-16-17-13(18-12)11-6-14-8-15-7-11/h2-8H,1H3. The number of aromatic nitrogens is 4. The molecule has 2 aromatic heterocycles. The summed E-state index contributed by atoms with van der Waals surface area (Å²) < 4.78 is 0. The van der Waals surface area contributed by atoms with Gasteiger partial charge in [-0.25, -0.2) is 9.97 Å². The van der Waals surface area contributed by atoms with Crippen molar-refractivity contribution in [2.24, 2.45) is 0 Å². The summed E-state index contributed by atoms with van der Waals surface area (Å²) in [6.07, 6.45) is 4.99. The topological polar surface area (TPSA) is 51.6 Å². The van der Waals surface area contributed by atoms with E-state index >= 15 is 0 Å².